The minimum atomic E-state index is -0.478. The zero-order chi connectivity index (χ0) is 15.5. The van der Waals surface area contributed by atoms with Gasteiger partial charge in [0.2, 0.25) is 0 Å². The summed E-state index contributed by atoms with van der Waals surface area (Å²) < 4.78 is 1.29. The van der Waals surface area contributed by atoms with Gasteiger partial charge in [0.15, 0.2) is 0 Å². The molecule has 0 saturated heterocycles. The molecule has 3 aromatic rings. The summed E-state index contributed by atoms with van der Waals surface area (Å²) in [7, 11) is 0.818. The molecule has 0 fully saturated rings. The fraction of sp³-hybridized carbons (Fsp3) is 0.105. The molecule has 0 aliphatic rings. The standard InChI is InChI=1S/C19H17BrP2/c1-14-13-18(21-19(20)15(14)2)22(16-9-5-3-6-10-16)17-11-7-4-8-12-17/h3-13H,1-2H3. The highest BCUT2D eigenvalue weighted by Crippen LogP contribution is 2.39. The maximum Gasteiger partial charge on any atom is 0.0485 e. The summed E-state index contributed by atoms with van der Waals surface area (Å²) in [4.78, 5) is 0. The van der Waals surface area contributed by atoms with Crippen molar-refractivity contribution < 1.29 is 0 Å². The third kappa shape index (κ3) is 3.33. The molecule has 2 aromatic carbocycles. The Morgan fingerprint density at radius 2 is 1.32 bits per heavy atom. The summed E-state index contributed by atoms with van der Waals surface area (Å²) in [6, 6.07) is 24.1. The molecule has 0 nitrogen and oxygen atoms in total. The van der Waals surface area contributed by atoms with E-state index < -0.39 is 7.92 Å². The van der Waals surface area contributed by atoms with E-state index in [1.165, 1.54) is 39.2 Å². The average molecular weight is 387 g/mol. The number of halogens is 1. The summed E-state index contributed by atoms with van der Waals surface area (Å²) in [6.45, 7) is 4.39. The number of aryl methyl sites for hydroxylation is 1. The molecule has 110 valence electrons. The van der Waals surface area contributed by atoms with Gasteiger partial charge in [0.05, 0.1) is 0 Å². The van der Waals surface area contributed by atoms with Crippen LogP contribution in [0.2, 0.25) is 0 Å². The summed E-state index contributed by atoms with van der Waals surface area (Å²) in [5, 5.41) is 4.31. The first-order valence-electron chi connectivity index (χ1n) is 7.21. The first-order valence-corrected chi connectivity index (χ1v) is 10.2. The van der Waals surface area contributed by atoms with Crippen molar-refractivity contribution in [1.82, 2.24) is 0 Å². The zero-order valence-electron chi connectivity index (χ0n) is 12.6. The average Bonchev–Trinajstić information content (AvgIpc) is 2.55. The molecule has 0 unspecified atom stereocenters. The molecule has 0 aliphatic carbocycles. The highest BCUT2D eigenvalue weighted by atomic mass is 79.9. The molecule has 0 bridgehead atoms. The lowest BCUT2D eigenvalue weighted by Gasteiger charge is -2.20. The second kappa shape index (κ2) is 7.05. The van der Waals surface area contributed by atoms with Gasteiger partial charge in [-0.3, -0.25) is 0 Å². The van der Waals surface area contributed by atoms with Gasteiger partial charge in [0, 0.05) is 9.24 Å². The quantitative estimate of drug-likeness (QED) is 0.528. The van der Waals surface area contributed by atoms with Crippen LogP contribution in [-0.4, -0.2) is 0 Å². The molecule has 0 atom stereocenters. The van der Waals surface area contributed by atoms with Crippen molar-refractivity contribution in [2.24, 2.45) is 0 Å². The molecule has 0 N–H and O–H groups in total. The van der Waals surface area contributed by atoms with Crippen molar-refractivity contribution in [3.63, 3.8) is 0 Å². The molecule has 0 aliphatic heterocycles. The Bertz CT molecular complexity index is 707. The highest BCUT2D eigenvalue weighted by molar-refractivity contribution is 9.11. The molecule has 0 spiro atoms. The van der Waals surface area contributed by atoms with Crippen LogP contribution in [0.1, 0.15) is 11.1 Å². The second-order valence-electron chi connectivity index (χ2n) is 5.22. The van der Waals surface area contributed by atoms with Gasteiger partial charge in [-0.05, 0) is 65.5 Å². The Morgan fingerprint density at radius 3 is 1.77 bits per heavy atom. The number of hydrogen-bond donors (Lipinski definition) is 0. The van der Waals surface area contributed by atoms with Gasteiger partial charge in [-0.1, -0.05) is 68.9 Å². The topological polar surface area (TPSA) is 0 Å². The van der Waals surface area contributed by atoms with Gasteiger partial charge in [0.25, 0.3) is 0 Å². The Balaban J connectivity index is 2.19. The van der Waals surface area contributed by atoms with Crippen LogP contribution in [0, 0.1) is 13.8 Å². The lowest BCUT2D eigenvalue weighted by atomic mass is 10.2. The Hall–Kier alpha value is -1.000. The van der Waals surface area contributed by atoms with E-state index in [4.69, 9.17) is 0 Å². The SMILES string of the molecule is Cc1cc(P(c2ccccc2)c2ccccc2)pc(Br)c1C. The first-order chi connectivity index (χ1) is 10.7. The third-order valence-electron chi connectivity index (χ3n) is 3.72. The summed E-state index contributed by atoms with van der Waals surface area (Å²) in [6.07, 6.45) is 0. The maximum absolute atomic E-state index is 3.76. The van der Waals surface area contributed by atoms with Crippen LogP contribution in [0.5, 0.6) is 0 Å². The van der Waals surface area contributed by atoms with E-state index in [9.17, 15) is 0 Å². The predicted octanol–water partition coefficient (Wildman–Crippen LogP) is 5.40. The maximum atomic E-state index is 3.76. The fourth-order valence-corrected chi connectivity index (χ4v) is 7.95. The van der Waals surface area contributed by atoms with Crippen LogP contribution in [-0.2, 0) is 0 Å². The molecular weight excluding hydrogens is 370 g/mol. The van der Waals surface area contributed by atoms with Gasteiger partial charge in [-0.15, -0.1) is 0 Å². The van der Waals surface area contributed by atoms with E-state index >= 15 is 0 Å². The van der Waals surface area contributed by atoms with Crippen molar-refractivity contribution in [1.29, 1.82) is 0 Å². The Kier molecular flexibility index (Phi) is 5.09. The van der Waals surface area contributed by atoms with Crippen LogP contribution >= 0.6 is 32.0 Å². The normalized spacial score (nSPS) is 11.3. The molecule has 0 saturated carbocycles. The molecule has 3 rings (SSSR count). The summed E-state index contributed by atoms with van der Waals surface area (Å²) >= 11 is 3.76. The molecule has 22 heavy (non-hydrogen) atoms. The minimum absolute atomic E-state index is 0.478. The van der Waals surface area contributed by atoms with Crippen molar-refractivity contribution in [2.75, 3.05) is 0 Å². The largest absolute Gasteiger partial charge is 0.0622 e. The van der Waals surface area contributed by atoms with Crippen LogP contribution in [0.4, 0.5) is 0 Å². The van der Waals surface area contributed by atoms with Crippen LogP contribution < -0.4 is 15.6 Å². The van der Waals surface area contributed by atoms with Gasteiger partial charge in [0.1, 0.15) is 0 Å². The molecular formula is C19H17BrP2. The van der Waals surface area contributed by atoms with Gasteiger partial charge < -0.3 is 0 Å². The Labute approximate surface area is 143 Å². The van der Waals surface area contributed by atoms with Gasteiger partial charge in [-0.25, -0.2) is 0 Å². The highest BCUT2D eigenvalue weighted by Gasteiger charge is 2.18. The monoisotopic (exact) mass is 386 g/mol. The van der Waals surface area contributed by atoms with Crippen molar-refractivity contribution in [2.45, 2.75) is 13.8 Å². The van der Waals surface area contributed by atoms with Crippen LogP contribution in [0.15, 0.2) is 70.9 Å². The van der Waals surface area contributed by atoms with Crippen LogP contribution in [0.3, 0.4) is 0 Å². The number of hydrogen-bond acceptors (Lipinski definition) is 0. The summed E-state index contributed by atoms with van der Waals surface area (Å²) in [5.41, 5.74) is 2.72. The molecule has 0 amide bonds. The van der Waals surface area contributed by atoms with E-state index in [-0.39, 0.29) is 0 Å². The second-order valence-corrected chi connectivity index (χ2v) is 10.3. The third-order valence-corrected chi connectivity index (χ3v) is 8.85. The van der Waals surface area contributed by atoms with E-state index in [0.29, 0.717) is 0 Å². The molecule has 1 aromatic heterocycles. The Morgan fingerprint density at radius 1 is 0.818 bits per heavy atom. The summed E-state index contributed by atoms with van der Waals surface area (Å²) in [5.74, 6) is 0. The van der Waals surface area contributed by atoms with Crippen molar-refractivity contribution in [3.05, 3.63) is 82.1 Å². The van der Waals surface area contributed by atoms with E-state index in [1.807, 2.05) is 0 Å². The van der Waals surface area contributed by atoms with E-state index in [1.54, 1.807) is 0 Å². The molecule has 1 heterocycles. The lowest BCUT2D eigenvalue weighted by molar-refractivity contribution is 1.36. The smallest absolute Gasteiger partial charge is 0.0485 e. The van der Waals surface area contributed by atoms with E-state index in [0.717, 1.165) is 0 Å². The lowest BCUT2D eigenvalue weighted by Crippen LogP contribution is -2.19. The fourth-order valence-electron chi connectivity index (χ4n) is 2.36. The van der Waals surface area contributed by atoms with Gasteiger partial charge >= 0.3 is 0 Å². The number of rotatable bonds is 3. The molecule has 3 heteroatoms. The predicted molar refractivity (Wildman–Crippen MR) is 105 cm³/mol. The minimum Gasteiger partial charge on any atom is -0.0622 e. The molecule has 0 radical (unpaired) electrons. The number of benzene rings is 2. The van der Waals surface area contributed by atoms with E-state index in [2.05, 4.69) is 96.5 Å². The zero-order valence-corrected chi connectivity index (χ0v) is 16.0. The first kappa shape index (κ1) is 15.9. The van der Waals surface area contributed by atoms with Gasteiger partial charge in [-0.2, -0.15) is 0 Å². The van der Waals surface area contributed by atoms with Crippen molar-refractivity contribution >= 4 is 47.7 Å². The van der Waals surface area contributed by atoms with Crippen molar-refractivity contribution in [3.8, 4) is 0 Å². The van der Waals surface area contributed by atoms with Crippen LogP contribution in [0.25, 0.3) is 0 Å².